The van der Waals surface area contributed by atoms with E-state index in [1.807, 2.05) is 24.3 Å². The highest BCUT2D eigenvalue weighted by Crippen LogP contribution is 2.27. The van der Waals surface area contributed by atoms with Gasteiger partial charge >= 0.3 is 5.97 Å². The Bertz CT molecular complexity index is 1360. The molecular formula is C27H27N3O6. The van der Waals surface area contributed by atoms with E-state index < -0.39 is 18.0 Å². The number of aromatic amines is 1. The maximum atomic E-state index is 12.9. The maximum absolute atomic E-state index is 12.9. The number of methoxy groups -OCH3 is 3. The van der Waals surface area contributed by atoms with Gasteiger partial charge in [0.2, 0.25) is 0 Å². The lowest BCUT2D eigenvalue weighted by atomic mass is 10.2. The van der Waals surface area contributed by atoms with E-state index in [2.05, 4.69) is 15.3 Å². The quantitative estimate of drug-likeness (QED) is 0.324. The van der Waals surface area contributed by atoms with E-state index in [1.54, 1.807) is 50.4 Å². The fourth-order valence-corrected chi connectivity index (χ4v) is 3.64. The summed E-state index contributed by atoms with van der Waals surface area (Å²) in [5.74, 6) is 1.40. The van der Waals surface area contributed by atoms with Crippen LogP contribution < -0.4 is 19.5 Å². The van der Waals surface area contributed by atoms with Crippen molar-refractivity contribution in [2.45, 2.75) is 19.4 Å². The SMILES string of the molecule is CCC(OC(=O)c1ccc2nc(-c3ccc(OC)cc3)[nH]c2c1)C(=O)Nc1cc(OC)cc(OC)c1. The molecule has 1 aromatic heterocycles. The number of amides is 1. The number of imidazole rings is 1. The highest BCUT2D eigenvalue weighted by molar-refractivity contribution is 5.99. The zero-order valence-corrected chi connectivity index (χ0v) is 20.5. The number of nitrogens with zero attached hydrogens (tertiary/aromatic N) is 1. The molecular weight excluding hydrogens is 462 g/mol. The third-order valence-electron chi connectivity index (χ3n) is 5.61. The predicted octanol–water partition coefficient (Wildman–Crippen LogP) is 4.83. The number of H-pyrrole nitrogens is 1. The Morgan fingerprint density at radius 3 is 2.17 bits per heavy atom. The van der Waals surface area contributed by atoms with Crippen molar-refractivity contribution < 1.29 is 28.5 Å². The van der Waals surface area contributed by atoms with Gasteiger partial charge in [-0.15, -0.1) is 0 Å². The lowest BCUT2D eigenvalue weighted by molar-refractivity contribution is -0.124. The molecule has 4 rings (SSSR count). The summed E-state index contributed by atoms with van der Waals surface area (Å²) in [6.07, 6.45) is -0.686. The molecule has 1 amide bonds. The number of nitrogens with one attached hydrogen (secondary N) is 2. The summed E-state index contributed by atoms with van der Waals surface area (Å²) in [5.41, 5.74) is 3.04. The van der Waals surface area contributed by atoms with Crippen LogP contribution in [0.25, 0.3) is 22.4 Å². The van der Waals surface area contributed by atoms with E-state index in [-0.39, 0.29) is 0 Å². The number of fused-ring (bicyclic) bond motifs is 1. The number of ether oxygens (including phenoxy) is 4. The molecule has 0 bridgehead atoms. The minimum Gasteiger partial charge on any atom is -0.497 e. The van der Waals surface area contributed by atoms with E-state index in [0.29, 0.717) is 46.0 Å². The second-order valence-corrected chi connectivity index (χ2v) is 7.94. The monoisotopic (exact) mass is 489 g/mol. The van der Waals surface area contributed by atoms with Crippen molar-refractivity contribution in [2.75, 3.05) is 26.6 Å². The van der Waals surface area contributed by atoms with Crippen LogP contribution >= 0.6 is 0 Å². The number of aromatic nitrogens is 2. The Labute approximate surface area is 208 Å². The Balaban J connectivity index is 1.48. The fraction of sp³-hybridized carbons (Fsp3) is 0.222. The number of carbonyl (C=O) groups is 2. The molecule has 2 N–H and O–H groups in total. The van der Waals surface area contributed by atoms with Crippen LogP contribution in [0, 0.1) is 0 Å². The van der Waals surface area contributed by atoms with E-state index >= 15 is 0 Å². The average molecular weight is 490 g/mol. The van der Waals surface area contributed by atoms with Crippen LogP contribution in [-0.4, -0.2) is 49.3 Å². The van der Waals surface area contributed by atoms with Crippen molar-refractivity contribution in [1.29, 1.82) is 0 Å². The standard InChI is InChI=1S/C27H27N3O6/c1-5-24(26(31)28-18-13-20(34-3)15-21(14-18)35-4)36-27(32)17-8-11-22-23(12-17)30-25(29-22)16-6-9-19(33-2)10-7-16/h6-15,24H,5H2,1-4H3,(H,28,31)(H,29,30). The molecule has 36 heavy (non-hydrogen) atoms. The fourth-order valence-electron chi connectivity index (χ4n) is 3.64. The van der Waals surface area contributed by atoms with Crippen molar-refractivity contribution in [2.24, 2.45) is 0 Å². The molecule has 186 valence electrons. The van der Waals surface area contributed by atoms with Gasteiger partial charge in [-0.05, 0) is 48.9 Å². The molecule has 0 radical (unpaired) electrons. The summed E-state index contributed by atoms with van der Waals surface area (Å²) in [4.78, 5) is 33.5. The Morgan fingerprint density at radius 1 is 0.889 bits per heavy atom. The smallest absolute Gasteiger partial charge is 0.338 e. The van der Waals surface area contributed by atoms with Crippen molar-refractivity contribution in [1.82, 2.24) is 9.97 Å². The molecule has 1 atom stereocenters. The summed E-state index contributed by atoms with van der Waals surface area (Å²) < 4.78 is 21.2. The van der Waals surface area contributed by atoms with Crippen molar-refractivity contribution >= 4 is 28.6 Å². The maximum Gasteiger partial charge on any atom is 0.338 e. The topological polar surface area (TPSA) is 112 Å². The van der Waals surface area contributed by atoms with Crippen LogP contribution in [-0.2, 0) is 9.53 Å². The Kier molecular flexibility index (Phi) is 7.39. The minimum atomic E-state index is -0.984. The first kappa shape index (κ1) is 24.6. The van der Waals surface area contributed by atoms with Crippen LogP contribution in [0.5, 0.6) is 17.2 Å². The van der Waals surface area contributed by atoms with Crippen LogP contribution in [0.1, 0.15) is 23.7 Å². The Hall–Kier alpha value is -4.53. The average Bonchev–Trinajstić information content (AvgIpc) is 3.34. The number of carbonyl (C=O) groups excluding carboxylic acids is 2. The molecule has 0 saturated carbocycles. The summed E-state index contributed by atoms with van der Waals surface area (Å²) in [6, 6.07) is 17.5. The number of benzene rings is 3. The molecule has 0 aliphatic carbocycles. The molecule has 0 aliphatic rings. The summed E-state index contributed by atoms with van der Waals surface area (Å²) >= 11 is 0. The lowest BCUT2D eigenvalue weighted by Gasteiger charge is -2.17. The van der Waals surface area contributed by atoms with Gasteiger partial charge in [-0.3, -0.25) is 4.79 Å². The van der Waals surface area contributed by atoms with Gasteiger partial charge in [0.05, 0.1) is 37.9 Å². The molecule has 3 aromatic carbocycles. The molecule has 1 heterocycles. The normalized spacial score (nSPS) is 11.6. The molecule has 1 unspecified atom stereocenters. The molecule has 0 saturated heterocycles. The van der Waals surface area contributed by atoms with Gasteiger partial charge in [0.1, 0.15) is 23.1 Å². The first-order chi connectivity index (χ1) is 17.4. The number of esters is 1. The molecule has 0 aliphatic heterocycles. The van der Waals surface area contributed by atoms with E-state index in [1.165, 1.54) is 14.2 Å². The van der Waals surface area contributed by atoms with Crippen molar-refractivity contribution in [3.05, 3.63) is 66.2 Å². The second-order valence-electron chi connectivity index (χ2n) is 7.94. The van der Waals surface area contributed by atoms with Crippen LogP contribution in [0.4, 0.5) is 5.69 Å². The van der Waals surface area contributed by atoms with E-state index in [9.17, 15) is 9.59 Å². The van der Waals surface area contributed by atoms with Crippen LogP contribution in [0.2, 0.25) is 0 Å². The van der Waals surface area contributed by atoms with Crippen LogP contribution in [0.15, 0.2) is 60.7 Å². The first-order valence-corrected chi connectivity index (χ1v) is 11.3. The molecule has 0 spiro atoms. The highest BCUT2D eigenvalue weighted by Gasteiger charge is 2.23. The zero-order chi connectivity index (χ0) is 25.7. The van der Waals surface area contributed by atoms with Gasteiger partial charge in [-0.1, -0.05) is 6.92 Å². The van der Waals surface area contributed by atoms with E-state index in [0.717, 1.165) is 11.3 Å². The summed E-state index contributed by atoms with van der Waals surface area (Å²) in [7, 11) is 4.65. The van der Waals surface area contributed by atoms with Gasteiger partial charge in [-0.2, -0.15) is 0 Å². The number of anilines is 1. The van der Waals surface area contributed by atoms with Gasteiger partial charge in [0.25, 0.3) is 5.91 Å². The lowest BCUT2D eigenvalue weighted by Crippen LogP contribution is -2.32. The highest BCUT2D eigenvalue weighted by atomic mass is 16.5. The third kappa shape index (κ3) is 5.41. The van der Waals surface area contributed by atoms with E-state index in [4.69, 9.17) is 18.9 Å². The molecule has 9 heteroatoms. The van der Waals surface area contributed by atoms with Gasteiger partial charge < -0.3 is 29.2 Å². The van der Waals surface area contributed by atoms with Gasteiger partial charge in [-0.25, -0.2) is 9.78 Å². The van der Waals surface area contributed by atoms with Crippen molar-refractivity contribution in [3.8, 4) is 28.6 Å². The third-order valence-corrected chi connectivity index (χ3v) is 5.61. The molecule has 4 aromatic rings. The zero-order valence-electron chi connectivity index (χ0n) is 20.5. The second kappa shape index (κ2) is 10.8. The first-order valence-electron chi connectivity index (χ1n) is 11.3. The minimum absolute atomic E-state index is 0.298. The predicted molar refractivity (Wildman–Crippen MR) is 136 cm³/mol. The largest absolute Gasteiger partial charge is 0.497 e. The number of rotatable bonds is 9. The molecule has 0 fully saturated rings. The van der Waals surface area contributed by atoms with Crippen molar-refractivity contribution in [3.63, 3.8) is 0 Å². The van der Waals surface area contributed by atoms with Gasteiger partial charge in [0, 0.05) is 29.4 Å². The summed E-state index contributed by atoms with van der Waals surface area (Å²) in [5, 5.41) is 2.76. The van der Waals surface area contributed by atoms with Crippen LogP contribution in [0.3, 0.4) is 0 Å². The molecule has 9 nitrogen and oxygen atoms in total. The number of hydrogen-bond acceptors (Lipinski definition) is 7. The Morgan fingerprint density at radius 2 is 1.56 bits per heavy atom. The van der Waals surface area contributed by atoms with Gasteiger partial charge in [0.15, 0.2) is 6.10 Å². The number of hydrogen-bond donors (Lipinski definition) is 2. The summed E-state index contributed by atoms with van der Waals surface area (Å²) in [6.45, 7) is 1.77.